The Hall–Kier alpha value is -3.53. The minimum absolute atomic E-state index is 0.0602. The van der Waals surface area contributed by atoms with Gasteiger partial charge in [0.1, 0.15) is 12.4 Å². The molecular formula is C18H19N7O2S. The van der Waals surface area contributed by atoms with E-state index < -0.39 is 5.91 Å². The third-order valence-electron chi connectivity index (χ3n) is 3.53. The third kappa shape index (κ3) is 5.24. The fourth-order valence-corrected chi connectivity index (χ4v) is 2.80. The number of hydrazone groups is 1. The van der Waals surface area contributed by atoms with E-state index >= 15 is 0 Å². The summed E-state index contributed by atoms with van der Waals surface area (Å²) in [5, 5.41) is 12.2. The predicted molar refractivity (Wildman–Crippen MR) is 109 cm³/mol. The summed E-state index contributed by atoms with van der Waals surface area (Å²) in [7, 11) is 0. The van der Waals surface area contributed by atoms with Crippen LogP contribution in [-0.2, 0) is 11.4 Å². The molecule has 3 aromatic rings. The van der Waals surface area contributed by atoms with Crippen molar-refractivity contribution in [2.75, 3.05) is 17.0 Å². The average Bonchev–Trinajstić information content (AvgIpc) is 3.06. The number of nitrogens with two attached hydrogens (primary N) is 2. The zero-order valence-corrected chi connectivity index (χ0v) is 15.7. The van der Waals surface area contributed by atoms with Crippen LogP contribution in [0.3, 0.4) is 0 Å². The Bertz CT molecular complexity index is 960. The smallest absolute Gasteiger partial charge is 0.264 e. The van der Waals surface area contributed by atoms with Crippen molar-refractivity contribution in [3.63, 3.8) is 0 Å². The number of thioether (sulfide) groups is 1. The molecule has 5 N–H and O–H groups in total. The van der Waals surface area contributed by atoms with Crippen molar-refractivity contribution in [1.29, 1.82) is 0 Å². The molecule has 0 aliphatic heterocycles. The first-order valence-corrected chi connectivity index (χ1v) is 9.28. The lowest BCUT2D eigenvalue weighted by atomic mass is 10.2. The minimum Gasteiger partial charge on any atom is -0.488 e. The Morgan fingerprint density at radius 1 is 1.18 bits per heavy atom. The standard InChI is InChI=1S/C18H19N7O2S/c19-16(26)12-28-18-24-23-17(25(18)20)22-21-10-14-8-4-5-9-15(14)27-11-13-6-2-1-3-7-13/h1-10H,11-12,20H2,(H2,19,26)(H,22,23)/b21-10+. The van der Waals surface area contributed by atoms with Crippen LogP contribution >= 0.6 is 11.8 Å². The Kier molecular flexibility index (Phi) is 6.47. The number of anilines is 1. The first-order chi connectivity index (χ1) is 13.6. The number of aromatic nitrogens is 3. The molecule has 1 amide bonds. The summed E-state index contributed by atoms with van der Waals surface area (Å²) in [4.78, 5) is 10.8. The first kappa shape index (κ1) is 19.2. The molecule has 2 aromatic carbocycles. The molecule has 0 radical (unpaired) electrons. The van der Waals surface area contributed by atoms with Crippen molar-refractivity contribution in [2.24, 2.45) is 10.8 Å². The molecule has 0 atom stereocenters. The lowest BCUT2D eigenvalue weighted by molar-refractivity contribution is -0.115. The number of carbonyl (C=O) groups excluding carboxylic acids is 1. The van der Waals surface area contributed by atoms with Crippen molar-refractivity contribution in [3.05, 3.63) is 65.7 Å². The Morgan fingerprint density at radius 2 is 1.93 bits per heavy atom. The number of amides is 1. The van der Waals surface area contributed by atoms with Gasteiger partial charge in [-0.3, -0.25) is 4.79 Å². The summed E-state index contributed by atoms with van der Waals surface area (Å²) in [5.41, 5.74) is 9.69. The van der Waals surface area contributed by atoms with E-state index in [2.05, 4.69) is 20.7 Å². The Balaban J connectivity index is 1.62. The quantitative estimate of drug-likeness (QED) is 0.216. The summed E-state index contributed by atoms with van der Waals surface area (Å²) in [6.45, 7) is 0.455. The summed E-state index contributed by atoms with van der Waals surface area (Å²) < 4.78 is 7.08. The van der Waals surface area contributed by atoms with Crippen LogP contribution in [0.25, 0.3) is 0 Å². The maximum absolute atomic E-state index is 10.8. The second-order valence-corrected chi connectivity index (χ2v) is 6.56. The van der Waals surface area contributed by atoms with Gasteiger partial charge in [-0.05, 0) is 17.7 Å². The van der Waals surface area contributed by atoms with Crippen LogP contribution in [0.4, 0.5) is 5.95 Å². The molecule has 10 heteroatoms. The highest BCUT2D eigenvalue weighted by atomic mass is 32.2. The van der Waals surface area contributed by atoms with E-state index in [4.69, 9.17) is 16.3 Å². The van der Waals surface area contributed by atoms with Crippen LogP contribution in [0.5, 0.6) is 5.75 Å². The summed E-state index contributed by atoms with van der Waals surface area (Å²) >= 11 is 1.09. The predicted octanol–water partition coefficient (Wildman–Crippen LogP) is 1.59. The monoisotopic (exact) mass is 397 g/mol. The SMILES string of the molecule is NC(=O)CSc1nnc(N/N=C/c2ccccc2OCc2ccccc2)n1N. The normalized spacial score (nSPS) is 10.9. The van der Waals surface area contributed by atoms with Crippen LogP contribution in [0.2, 0.25) is 0 Å². The van der Waals surface area contributed by atoms with Crippen molar-refractivity contribution in [1.82, 2.24) is 14.9 Å². The minimum atomic E-state index is -0.465. The van der Waals surface area contributed by atoms with E-state index in [0.717, 1.165) is 22.9 Å². The van der Waals surface area contributed by atoms with Gasteiger partial charge < -0.3 is 16.3 Å². The summed E-state index contributed by atoms with van der Waals surface area (Å²) in [6, 6.07) is 17.4. The zero-order chi connectivity index (χ0) is 19.8. The van der Waals surface area contributed by atoms with Gasteiger partial charge in [-0.25, -0.2) is 10.1 Å². The number of nitrogens with zero attached hydrogens (tertiary/aromatic N) is 4. The fourth-order valence-electron chi connectivity index (χ4n) is 2.20. The van der Waals surface area contributed by atoms with Gasteiger partial charge in [-0.15, -0.1) is 10.2 Å². The van der Waals surface area contributed by atoms with Crippen LogP contribution in [-0.4, -0.2) is 32.7 Å². The molecule has 0 unspecified atom stereocenters. The largest absolute Gasteiger partial charge is 0.488 e. The van der Waals surface area contributed by atoms with Gasteiger partial charge in [0.25, 0.3) is 5.95 Å². The molecule has 9 nitrogen and oxygen atoms in total. The molecule has 0 bridgehead atoms. The van der Waals surface area contributed by atoms with Crippen molar-refractivity contribution >= 4 is 29.8 Å². The maximum Gasteiger partial charge on any atom is 0.264 e. The highest BCUT2D eigenvalue weighted by Crippen LogP contribution is 2.18. The molecule has 3 rings (SSSR count). The van der Waals surface area contributed by atoms with Crippen molar-refractivity contribution in [3.8, 4) is 5.75 Å². The number of carbonyl (C=O) groups is 1. The lowest BCUT2D eigenvalue weighted by Gasteiger charge is -2.09. The highest BCUT2D eigenvalue weighted by Gasteiger charge is 2.10. The number of hydrogen-bond acceptors (Lipinski definition) is 8. The number of para-hydroxylation sites is 1. The topological polar surface area (TPSA) is 133 Å². The number of ether oxygens (including phenoxy) is 1. The Morgan fingerprint density at radius 3 is 2.71 bits per heavy atom. The molecule has 1 aromatic heterocycles. The molecule has 0 saturated heterocycles. The van der Waals surface area contributed by atoms with Crippen LogP contribution in [0, 0.1) is 0 Å². The van der Waals surface area contributed by atoms with Crippen molar-refractivity contribution in [2.45, 2.75) is 11.8 Å². The number of primary amides is 1. The summed E-state index contributed by atoms with van der Waals surface area (Å²) in [5.74, 6) is 6.39. The van der Waals surface area contributed by atoms with E-state index in [9.17, 15) is 4.79 Å². The zero-order valence-electron chi connectivity index (χ0n) is 14.9. The highest BCUT2D eigenvalue weighted by molar-refractivity contribution is 7.99. The second-order valence-electron chi connectivity index (χ2n) is 5.61. The molecule has 28 heavy (non-hydrogen) atoms. The van der Waals surface area contributed by atoms with Gasteiger partial charge in [-0.2, -0.15) is 5.10 Å². The average molecular weight is 397 g/mol. The van der Waals surface area contributed by atoms with Gasteiger partial charge in [0.05, 0.1) is 12.0 Å². The molecule has 0 spiro atoms. The number of nitrogen functional groups attached to an aromatic ring is 1. The molecule has 0 fully saturated rings. The number of hydrogen-bond donors (Lipinski definition) is 3. The number of rotatable bonds is 9. The molecule has 0 aliphatic carbocycles. The van der Waals surface area contributed by atoms with Crippen LogP contribution in [0.1, 0.15) is 11.1 Å². The fraction of sp³-hybridized carbons (Fsp3) is 0.111. The van der Waals surface area contributed by atoms with Gasteiger partial charge in [0, 0.05) is 5.56 Å². The molecular weight excluding hydrogens is 378 g/mol. The number of nitrogens with one attached hydrogen (secondary N) is 1. The first-order valence-electron chi connectivity index (χ1n) is 8.30. The maximum atomic E-state index is 10.8. The van der Waals surface area contributed by atoms with Crippen molar-refractivity contribution < 1.29 is 9.53 Å². The van der Waals surface area contributed by atoms with E-state index in [1.165, 1.54) is 4.68 Å². The van der Waals surface area contributed by atoms with Crippen LogP contribution < -0.4 is 21.7 Å². The molecule has 0 aliphatic rings. The molecule has 0 saturated carbocycles. The van der Waals surface area contributed by atoms with E-state index in [-0.39, 0.29) is 11.7 Å². The second kappa shape index (κ2) is 9.42. The van der Waals surface area contributed by atoms with E-state index in [1.54, 1.807) is 6.21 Å². The summed E-state index contributed by atoms with van der Waals surface area (Å²) in [6.07, 6.45) is 1.60. The Labute approximate surface area is 165 Å². The third-order valence-corrected chi connectivity index (χ3v) is 4.50. The van der Waals surface area contributed by atoms with Gasteiger partial charge in [0.15, 0.2) is 0 Å². The molecule has 144 valence electrons. The van der Waals surface area contributed by atoms with E-state index in [0.29, 0.717) is 17.5 Å². The van der Waals surface area contributed by atoms with Gasteiger partial charge in [0.2, 0.25) is 11.1 Å². The molecule has 1 heterocycles. The van der Waals surface area contributed by atoms with Crippen LogP contribution in [0.15, 0.2) is 64.9 Å². The lowest BCUT2D eigenvalue weighted by Crippen LogP contribution is -2.16. The number of benzene rings is 2. The van der Waals surface area contributed by atoms with Gasteiger partial charge >= 0.3 is 0 Å². The van der Waals surface area contributed by atoms with E-state index in [1.807, 2.05) is 54.6 Å². The van der Waals surface area contributed by atoms with Gasteiger partial charge in [-0.1, -0.05) is 54.2 Å².